The maximum atomic E-state index is 12.8. The lowest BCUT2D eigenvalue weighted by molar-refractivity contribution is -0.384. The first-order valence-electron chi connectivity index (χ1n) is 7.13. The second kappa shape index (κ2) is 6.12. The van der Waals surface area contributed by atoms with Gasteiger partial charge in [0.15, 0.2) is 5.78 Å². The van der Waals surface area contributed by atoms with Crippen LogP contribution in [0.2, 0.25) is 0 Å². The lowest BCUT2D eigenvalue weighted by Crippen LogP contribution is -2.20. The molecule has 0 radical (unpaired) electrons. The summed E-state index contributed by atoms with van der Waals surface area (Å²) in [5.41, 5.74) is 1.49. The maximum Gasteiger partial charge on any atom is 0.269 e. The molecular formula is C18H17NO4. The Labute approximate surface area is 134 Å². The zero-order valence-corrected chi connectivity index (χ0v) is 13.2. The molecule has 0 bridgehead atoms. The number of aldehydes is 1. The molecule has 0 amide bonds. The number of nitrogens with zero attached hydrogens (tertiary/aromatic N) is 1. The van der Waals surface area contributed by atoms with E-state index in [1.54, 1.807) is 18.2 Å². The fourth-order valence-corrected chi connectivity index (χ4v) is 2.58. The van der Waals surface area contributed by atoms with Gasteiger partial charge in [-0.3, -0.25) is 19.7 Å². The lowest BCUT2D eigenvalue weighted by atomic mass is 9.79. The summed E-state index contributed by atoms with van der Waals surface area (Å²) in [5, 5.41) is 10.7. The topological polar surface area (TPSA) is 77.3 Å². The van der Waals surface area contributed by atoms with Crippen LogP contribution < -0.4 is 0 Å². The van der Waals surface area contributed by atoms with Crippen molar-refractivity contribution in [1.82, 2.24) is 0 Å². The molecule has 0 saturated carbocycles. The Kier molecular flexibility index (Phi) is 4.40. The van der Waals surface area contributed by atoms with Crippen LogP contribution in [-0.2, 0) is 5.41 Å². The summed E-state index contributed by atoms with van der Waals surface area (Å²) in [5.74, 6) is -0.256. The largest absolute Gasteiger partial charge is 0.298 e. The zero-order valence-electron chi connectivity index (χ0n) is 13.2. The van der Waals surface area contributed by atoms with Crippen molar-refractivity contribution in [2.24, 2.45) is 0 Å². The average Bonchev–Trinajstić information content (AvgIpc) is 2.52. The molecule has 5 heteroatoms. The van der Waals surface area contributed by atoms with Gasteiger partial charge in [-0.2, -0.15) is 0 Å². The number of hydrogen-bond donors (Lipinski definition) is 0. The van der Waals surface area contributed by atoms with Gasteiger partial charge in [0, 0.05) is 28.8 Å². The van der Waals surface area contributed by atoms with Crippen molar-refractivity contribution in [2.75, 3.05) is 0 Å². The Bertz CT molecular complexity index is 771. The van der Waals surface area contributed by atoms with Gasteiger partial charge in [0.05, 0.1) is 4.92 Å². The number of hydrogen-bond acceptors (Lipinski definition) is 4. The van der Waals surface area contributed by atoms with E-state index in [-0.39, 0.29) is 16.9 Å². The average molecular weight is 311 g/mol. The molecule has 118 valence electrons. The normalized spacial score (nSPS) is 11.1. The molecule has 0 aliphatic heterocycles. The van der Waals surface area contributed by atoms with E-state index in [1.807, 2.05) is 20.8 Å². The van der Waals surface area contributed by atoms with Crippen molar-refractivity contribution in [3.63, 3.8) is 0 Å². The Balaban J connectivity index is 2.55. The Hall–Kier alpha value is -2.82. The molecule has 2 aromatic rings. The Morgan fingerprint density at radius 1 is 1.09 bits per heavy atom. The molecule has 0 saturated heterocycles. The predicted molar refractivity (Wildman–Crippen MR) is 87.1 cm³/mol. The minimum atomic E-state index is -0.512. The Morgan fingerprint density at radius 2 is 1.70 bits per heavy atom. The number of benzene rings is 2. The van der Waals surface area contributed by atoms with Crippen LogP contribution in [-0.4, -0.2) is 17.0 Å². The van der Waals surface area contributed by atoms with Gasteiger partial charge in [0.2, 0.25) is 0 Å². The van der Waals surface area contributed by atoms with E-state index in [0.717, 1.165) is 6.29 Å². The Morgan fingerprint density at radius 3 is 2.17 bits per heavy atom. The highest BCUT2D eigenvalue weighted by Gasteiger charge is 2.25. The van der Waals surface area contributed by atoms with Crippen LogP contribution in [0.3, 0.4) is 0 Å². The van der Waals surface area contributed by atoms with E-state index in [2.05, 4.69) is 0 Å². The number of rotatable bonds is 4. The molecule has 0 unspecified atom stereocenters. The fourth-order valence-electron chi connectivity index (χ4n) is 2.58. The highest BCUT2D eigenvalue weighted by molar-refractivity contribution is 6.11. The molecule has 0 aliphatic carbocycles. The van der Waals surface area contributed by atoms with E-state index < -0.39 is 4.92 Å². The first-order valence-corrected chi connectivity index (χ1v) is 7.13. The maximum absolute atomic E-state index is 12.8. The molecule has 2 aromatic carbocycles. The predicted octanol–water partition coefficient (Wildman–Crippen LogP) is 3.94. The number of non-ortho nitro benzene ring substituents is 1. The highest BCUT2D eigenvalue weighted by Crippen LogP contribution is 2.30. The number of nitro benzene ring substituents is 1. The molecule has 0 aromatic heterocycles. The van der Waals surface area contributed by atoms with Crippen LogP contribution in [0.4, 0.5) is 5.69 Å². The van der Waals surface area contributed by atoms with Crippen LogP contribution >= 0.6 is 0 Å². The molecule has 5 nitrogen and oxygen atoms in total. The summed E-state index contributed by atoms with van der Waals surface area (Å²) in [6.07, 6.45) is 0.743. The molecule has 0 heterocycles. The summed E-state index contributed by atoms with van der Waals surface area (Å²) in [4.78, 5) is 34.3. The minimum absolute atomic E-state index is 0.0702. The van der Waals surface area contributed by atoms with E-state index in [0.29, 0.717) is 22.3 Å². The fraction of sp³-hybridized carbons (Fsp3) is 0.222. The second-order valence-electron chi connectivity index (χ2n) is 6.27. The van der Waals surface area contributed by atoms with Crippen molar-refractivity contribution >= 4 is 17.8 Å². The van der Waals surface area contributed by atoms with Gasteiger partial charge in [-0.25, -0.2) is 0 Å². The third-order valence-corrected chi connectivity index (χ3v) is 3.56. The summed E-state index contributed by atoms with van der Waals surface area (Å²) in [6.45, 7) is 5.80. The SMILES string of the molecule is CC(C)(C)c1c(C=O)cccc1C(=O)c1ccc([N+](=O)[O-])cc1. The van der Waals surface area contributed by atoms with Crippen molar-refractivity contribution in [3.05, 3.63) is 74.8 Å². The highest BCUT2D eigenvalue weighted by atomic mass is 16.6. The van der Waals surface area contributed by atoms with Gasteiger partial charge in [-0.1, -0.05) is 39.0 Å². The van der Waals surface area contributed by atoms with Gasteiger partial charge in [0.1, 0.15) is 6.29 Å². The van der Waals surface area contributed by atoms with Crippen LogP contribution in [0.25, 0.3) is 0 Å². The molecule has 0 spiro atoms. The number of ketones is 1. The number of carbonyl (C=O) groups is 2. The van der Waals surface area contributed by atoms with Crippen molar-refractivity contribution in [3.8, 4) is 0 Å². The third-order valence-electron chi connectivity index (χ3n) is 3.56. The van der Waals surface area contributed by atoms with Gasteiger partial charge < -0.3 is 0 Å². The minimum Gasteiger partial charge on any atom is -0.298 e. The standard InChI is InChI=1S/C18H17NO4/c1-18(2,3)16-13(11-20)5-4-6-15(16)17(21)12-7-9-14(10-8-12)19(22)23/h4-11H,1-3H3. The van der Waals surface area contributed by atoms with Crippen molar-refractivity contribution in [1.29, 1.82) is 0 Å². The monoisotopic (exact) mass is 311 g/mol. The third kappa shape index (κ3) is 3.34. The van der Waals surface area contributed by atoms with Crippen molar-refractivity contribution in [2.45, 2.75) is 26.2 Å². The first-order chi connectivity index (χ1) is 10.8. The smallest absolute Gasteiger partial charge is 0.269 e. The quantitative estimate of drug-likeness (QED) is 0.371. The number of carbonyl (C=O) groups excluding carboxylic acids is 2. The van der Waals surface area contributed by atoms with E-state index in [9.17, 15) is 19.7 Å². The molecule has 0 fully saturated rings. The van der Waals surface area contributed by atoms with Crippen LogP contribution in [0, 0.1) is 10.1 Å². The molecule has 0 N–H and O–H groups in total. The summed E-state index contributed by atoms with van der Waals surface area (Å²) < 4.78 is 0. The van der Waals surface area contributed by atoms with E-state index in [1.165, 1.54) is 24.3 Å². The summed E-state index contributed by atoms with van der Waals surface area (Å²) in [6, 6.07) is 10.5. The van der Waals surface area contributed by atoms with Crippen LogP contribution in [0.1, 0.15) is 52.6 Å². The van der Waals surface area contributed by atoms with E-state index in [4.69, 9.17) is 0 Å². The second-order valence-corrected chi connectivity index (χ2v) is 6.27. The molecule has 2 rings (SSSR count). The molecule has 23 heavy (non-hydrogen) atoms. The first kappa shape index (κ1) is 16.5. The number of nitro groups is 1. The molecular weight excluding hydrogens is 294 g/mol. The summed E-state index contributed by atoms with van der Waals surface area (Å²) >= 11 is 0. The van der Waals surface area contributed by atoms with Crippen LogP contribution in [0.15, 0.2) is 42.5 Å². The zero-order chi connectivity index (χ0) is 17.2. The van der Waals surface area contributed by atoms with Crippen molar-refractivity contribution < 1.29 is 14.5 Å². The van der Waals surface area contributed by atoms with Gasteiger partial charge >= 0.3 is 0 Å². The summed E-state index contributed by atoms with van der Waals surface area (Å²) in [7, 11) is 0. The van der Waals surface area contributed by atoms with Gasteiger partial charge in [-0.05, 0) is 23.1 Å². The van der Waals surface area contributed by atoms with Crippen LogP contribution in [0.5, 0.6) is 0 Å². The van der Waals surface area contributed by atoms with Gasteiger partial charge in [0.25, 0.3) is 5.69 Å². The molecule has 0 aliphatic rings. The van der Waals surface area contributed by atoms with E-state index >= 15 is 0 Å². The lowest BCUT2D eigenvalue weighted by Gasteiger charge is -2.24. The van der Waals surface area contributed by atoms with Gasteiger partial charge in [-0.15, -0.1) is 0 Å². The molecule has 0 atom stereocenters.